The molecule has 0 aliphatic heterocycles. The molecule has 0 aromatic carbocycles. The summed E-state index contributed by atoms with van der Waals surface area (Å²) in [6.45, 7) is 4.66. The SMILES string of the molecule is CCC(N)C(OCCCc1ccncc1)c1ccc(C)o1. The number of rotatable bonds is 8. The van der Waals surface area contributed by atoms with Crippen molar-refractivity contribution in [1.29, 1.82) is 0 Å². The highest BCUT2D eigenvalue weighted by atomic mass is 16.5. The van der Waals surface area contributed by atoms with E-state index < -0.39 is 0 Å². The van der Waals surface area contributed by atoms with E-state index in [0.717, 1.165) is 30.8 Å². The van der Waals surface area contributed by atoms with Crippen LogP contribution in [0.2, 0.25) is 0 Å². The Morgan fingerprint density at radius 3 is 2.62 bits per heavy atom. The van der Waals surface area contributed by atoms with E-state index in [-0.39, 0.29) is 12.1 Å². The molecule has 2 N–H and O–H groups in total. The minimum absolute atomic E-state index is 0.0449. The van der Waals surface area contributed by atoms with Gasteiger partial charge in [0.05, 0.1) is 0 Å². The van der Waals surface area contributed by atoms with Crippen molar-refractivity contribution < 1.29 is 9.15 Å². The predicted molar refractivity (Wildman–Crippen MR) is 83.0 cm³/mol. The van der Waals surface area contributed by atoms with Crippen LogP contribution in [0.25, 0.3) is 0 Å². The maximum atomic E-state index is 6.16. The second-order valence-electron chi connectivity index (χ2n) is 5.27. The van der Waals surface area contributed by atoms with Gasteiger partial charge in [-0.1, -0.05) is 6.92 Å². The molecule has 4 heteroatoms. The molecule has 0 radical (unpaired) electrons. The molecule has 114 valence electrons. The average molecular weight is 288 g/mol. The van der Waals surface area contributed by atoms with Gasteiger partial charge in [-0.05, 0) is 56.0 Å². The highest BCUT2D eigenvalue weighted by Crippen LogP contribution is 2.24. The zero-order valence-corrected chi connectivity index (χ0v) is 12.8. The lowest BCUT2D eigenvalue weighted by Gasteiger charge is -2.21. The van der Waals surface area contributed by atoms with Crippen LogP contribution in [-0.2, 0) is 11.2 Å². The van der Waals surface area contributed by atoms with Crippen molar-refractivity contribution in [3.8, 4) is 0 Å². The highest BCUT2D eigenvalue weighted by molar-refractivity contribution is 5.11. The van der Waals surface area contributed by atoms with Gasteiger partial charge in [0, 0.05) is 25.0 Å². The lowest BCUT2D eigenvalue weighted by Crippen LogP contribution is -2.29. The number of pyridine rings is 1. The van der Waals surface area contributed by atoms with Gasteiger partial charge in [-0.15, -0.1) is 0 Å². The first-order valence-electron chi connectivity index (χ1n) is 7.53. The summed E-state index contributed by atoms with van der Waals surface area (Å²) in [6.07, 6.45) is 6.26. The Labute approximate surface area is 126 Å². The van der Waals surface area contributed by atoms with E-state index in [9.17, 15) is 0 Å². The second kappa shape index (κ2) is 7.96. The van der Waals surface area contributed by atoms with E-state index in [0.29, 0.717) is 6.61 Å². The van der Waals surface area contributed by atoms with Crippen molar-refractivity contribution in [1.82, 2.24) is 4.98 Å². The lowest BCUT2D eigenvalue weighted by molar-refractivity contribution is 0.0175. The maximum Gasteiger partial charge on any atom is 0.134 e. The van der Waals surface area contributed by atoms with E-state index >= 15 is 0 Å². The van der Waals surface area contributed by atoms with Crippen LogP contribution in [0.4, 0.5) is 0 Å². The van der Waals surface area contributed by atoms with Gasteiger partial charge in [0.2, 0.25) is 0 Å². The van der Waals surface area contributed by atoms with E-state index in [1.807, 2.05) is 43.6 Å². The summed E-state index contributed by atoms with van der Waals surface area (Å²) < 4.78 is 11.7. The Hall–Kier alpha value is -1.65. The first-order valence-corrected chi connectivity index (χ1v) is 7.53. The molecule has 0 fully saturated rings. The van der Waals surface area contributed by atoms with Gasteiger partial charge in [-0.2, -0.15) is 0 Å². The number of aryl methyl sites for hydroxylation is 2. The van der Waals surface area contributed by atoms with Crippen molar-refractivity contribution in [3.63, 3.8) is 0 Å². The zero-order chi connectivity index (χ0) is 15.1. The molecule has 21 heavy (non-hydrogen) atoms. The Bertz CT molecular complexity index is 525. The first kappa shape index (κ1) is 15.7. The molecule has 0 saturated heterocycles. The van der Waals surface area contributed by atoms with Crippen LogP contribution in [0.15, 0.2) is 41.1 Å². The number of hydrogen-bond acceptors (Lipinski definition) is 4. The van der Waals surface area contributed by atoms with Gasteiger partial charge in [0.15, 0.2) is 0 Å². The normalized spacial score (nSPS) is 14.0. The van der Waals surface area contributed by atoms with E-state index in [2.05, 4.69) is 11.9 Å². The Kier molecular flexibility index (Phi) is 5.96. The van der Waals surface area contributed by atoms with Gasteiger partial charge in [0.25, 0.3) is 0 Å². The fourth-order valence-corrected chi connectivity index (χ4v) is 2.27. The molecule has 4 nitrogen and oxygen atoms in total. The molecule has 0 bridgehead atoms. The summed E-state index contributed by atoms with van der Waals surface area (Å²) in [6, 6.07) is 7.93. The third-order valence-corrected chi connectivity index (χ3v) is 3.56. The van der Waals surface area contributed by atoms with Crippen LogP contribution in [0.5, 0.6) is 0 Å². The fraction of sp³-hybridized carbons (Fsp3) is 0.471. The van der Waals surface area contributed by atoms with Crippen molar-refractivity contribution in [2.45, 2.75) is 45.3 Å². The van der Waals surface area contributed by atoms with E-state index in [1.165, 1.54) is 5.56 Å². The first-order chi connectivity index (χ1) is 10.2. The third kappa shape index (κ3) is 4.69. The van der Waals surface area contributed by atoms with Crippen molar-refractivity contribution in [2.75, 3.05) is 6.61 Å². The number of hydrogen-bond donors (Lipinski definition) is 1. The van der Waals surface area contributed by atoms with Gasteiger partial charge in [-0.25, -0.2) is 0 Å². The Morgan fingerprint density at radius 2 is 2.00 bits per heavy atom. The highest BCUT2D eigenvalue weighted by Gasteiger charge is 2.22. The van der Waals surface area contributed by atoms with Crippen molar-refractivity contribution in [3.05, 3.63) is 53.7 Å². The minimum Gasteiger partial charge on any atom is -0.464 e. The van der Waals surface area contributed by atoms with Crippen molar-refractivity contribution in [2.24, 2.45) is 5.73 Å². The number of ether oxygens (including phenoxy) is 1. The average Bonchev–Trinajstić information content (AvgIpc) is 2.94. The summed E-state index contributed by atoms with van der Waals surface area (Å²) in [5, 5.41) is 0. The molecular formula is C17H24N2O2. The molecule has 0 amide bonds. The molecule has 2 unspecified atom stereocenters. The van der Waals surface area contributed by atoms with Gasteiger partial charge in [-0.3, -0.25) is 4.98 Å². The number of aromatic nitrogens is 1. The molecule has 0 aliphatic carbocycles. The lowest BCUT2D eigenvalue weighted by atomic mass is 10.1. The molecule has 2 aromatic heterocycles. The molecule has 0 saturated carbocycles. The van der Waals surface area contributed by atoms with Crippen LogP contribution >= 0.6 is 0 Å². The van der Waals surface area contributed by atoms with Gasteiger partial charge in [0.1, 0.15) is 17.6 Å². The van der Waals surface area contributed by atoms with Crippen molar-refractivity contribution >= 4 is 0 Å². The number of nitrogens with zero attached hydrogens (tertiary/aromatic N) is 1. The van der Waals surface area contributed by atoms with Crippen LogP contribution in [0.3, 0.4) is 0 Å². The van der Waals surface area contributed by atoms with Crippen LogP contribution in [-0.4, -0.2) is 17.6 Å². The zero-order valence-electron chi connectivity index (χ0n) is 12.8. The monoisotopic (exact) mass is 288 g/mol. The largest absolute Gasteiger partial charge is 0.464 e. The molecule has 2 heterocycles. The van der Waals surface area contributed by atoms with Gasteiger partial charge < -0.3 is 14.9 Å². The fourth-order valence-electron chi connectivity index (χ4n) is 2.27. The standard InChI is InChI=1S/C17H24N2O2/c1-3-15(18)17(16-7-6-13(2)21-16)20-12-4-5-14-8-10-19-11-9-14/h6-11,15,17H,3-5,12,18H2,1-2H3. The van der Waals surface area contributed by atoms with Crippen LogP contribution in [0, 0.1) is 6.92 Å². The smallest absolute Gasteiger partial charge is 0.134 e. The molecule has 2 aromatic rings. The summed E-state index contributed by atoms with van der Waals surface area (Å²) >= 11 is 0. The van der Waals surface area contributed by atoms with E-state index in [4.69, 9.17) is 14.9 Å². The molecule has 0 aliphatic rings. The third-order valence-electron chi connectivity index (χ3n) is 3.56. The Morgan fingerprint density at radius 1 is 1.24 bits per heavy atom. The predicted octanol–water partition coefficient (Wildman–Crippen LogP) is 3.41. The summed E-state index contributed by atoms with van der Waals surface area (Å²) in [7, 11) is 0. The summed E-state index contributed by atoms with van der Waals surface area (Å²) in [4.78, 5) is 4.02. The second-order valence-corrected chi connectivity index (χ2v) is 5.27. The van der Waals surface area contributed by atoms with Crippen LogP contribution < -0.4 is 5.73 Å². The quantitative estimate of drug-likeness (QED) is 0.756. The molecular weight excluding hydrogens is 264 g/mol. The molecule has 2 rings (SSSR count). The van der Waals surface area contributed by atoms with Gasteiger partial charge >= 0.3 is 0 Å². The number of nitrogens with two attached hydrogens (primary N) is 1. The summed E-state index contributed by atoms with van der Waals surface area (Å²) in [5.41, 5.74) is 7.44. The number of furan rings is 1. The topological polar surface area (TPSA) is 61.3 Å². The van der Waals surface area contributed by atoms with E-state index in [1.54, 1.807) is 0 Å². The summed E-state index contributed by atoms with van der Waals surface area (Å²) in [5.74, 6) is 1.71. The Balaban J connectivity index is 1.85. The molecule has 0 spiro atoms. The molecule has 2 atom stereocenters. The minimum atomic E-state index is -0.166. The maximum absolute atomic E-state index is 6.16. The van der Waals surface area contributed by atoms with Crippen LogP contribution in [0.1, 0.15) is 43.0 Å².